The summed E-state index contributed by atoms with van der Waals surface area (Å²) in [5.41, 5.74) is 3.34. The minimum absolute atomic E-state index is 0.0584. The Kier molecular flexibility index (Phi) is 6.38. The highest BCUT2D eigenvalue weighted by Crippen LogP contribution is 2.51. The van der Waals surface area contributed by atoms with Gasteiger partial charge in [-0.2, -0.15) is 0 Å². The lowest BCUT2D eigenvalue weighted by atomic mass is 9.87. The van der Waals surface area contributed by atoms with Gasteiger partial charge in [0.1, 0.15) is 5.78 Å². The van der Waals surface area contributed by atoms with Crippen LogP contribution in [0.25, 0.3) is 11.1 Å². The number of methoxy groups -OCH3 is 1. The third-order valence-corrected chi connectivity index (χ3v) is 8.63. The number of rotatable bonds is 10. The molecule has 0 unspecified atom stereocenters. The summed E-state index contributed by atoms with van der Waals surface area (Å²) in [6.07, 6.45) is 2.48. The molecule has 3 aromatic rings. The predicted molar refractivity (Wildman–Crippen MR) is 133 cm³/mol. The van der Waals surface area contributed by atoms with Gasteiger partial charge in [-0.15, -0.1) is 0 Å². The van der Waals surface area contributed by atoms with Crippen molar-refractivity contribution in [3.05, 3.63) is 77.9 Å². The molecule has 0 aromatic heterocycles. The number of sulfone groups is 1. The summed E-state index contributed by atoms with van der Waals surface area (Å²) in [7, 11) is -1.78. The van der Waals surface area contributed by atoms with Crippen LogP contribution in [0.4, 0.5) is 0 Å². The molecule has 1 aliphatic carbocycles. The smallest absolute Gasteiger partial charge is 0.231 e. The van der Waals surface area contributed by atoms with Gasteiger partial charge in [0.15, 0.2) is 21.3 Å². The quantitative estimate of drug-likeness (QED) is 0.381. The highest BCUT2D eigenvalue weighted by molar-refractivity contribution is 7.91. The van der Waals surface area contributed by atoms with E-state index < -0.39 is 15.3 Å². The molecule has 35 heavy (non-hydrogen) atoms. The van der Waals surface area contributed by atoms with Gasteiger partial charge < -0.3 is 14.2 Å². The van der Waals surface area contributed by atoms with E-state index in [-0.39, 0.29) is 18.3 Å². The van der Waals surface area contributed by atoms with Gasteiger partial charge in [0.25, 0.3) is 0 Å². The molecule has 0 N–H and O–H groups in total. The molecule has 0 spiro atoms. The molecule has 182 valence electrons. The molecular weight excluding hydrogens is 464 g/mol. The maximum Gasteiger partial charge on any atom is 0.231 e. The number of hydrogen-bond acceptors (Lipinski definition) is 6. The van der Waals surface area contributed by atoms with Crippen molar-refractivity contribution < 1.29 is 27.4 Å². The van der Waals surface area contributed by atoms with Crippen LogP contribution in [-0.2, 0) is 31.2 Å². The molecule has 0 amide bonds. The molecule has 3 aromatic carbocycles. The minimum Gasteiger partial charge on any atom is -0.454 e. The highest BCUT2D eigenvalue weighted by Gasteiger charge is 2.50. The van der Waals surface area contributed by atoms with Crippen molar-refractivity contribution in [2.45, 2.75) is 36.0 Å². The summed E-state index contributed by atoms with van der Waals surface area (Å²) in [5.74, 6) is 1.68. The maximum atomic E-state index is 13.4. The van der Waals surface area contributed by atoms with Crippen molar-refractivity contribution in [1.29, 1.82) is 0 Å². The van der Waals surface area contributed by atoms with E-state index in [1.165, 1.54) is 0 Å². The van der Waals surface area contributed by atoms with E-state index >= 15 is 0 Å². The molecule has 0 bridgehead atoms. The van der Waals surface area contributed by atoms with Gasteiger partial charge in [0.05, 0.1) is 16.1 Å². The molecule has 0 radical (unpaired) electrons. The van der Waals surface area contributed by atoms with Crippen LogP contribution in [0.2, 0.25) is 0 Å². The third kappa shape index (κ3) is 4.83. The van der Waals surface area contributed by atoms with Crippen LogP contribution in [0.15, 0.2) is 71.6 Å². The second-order valence-electron chi connectivity index (χ2n) is 9.14. The van der Waals surface area contributed by atoms with Gasteiger partial charge in [-0.3, -0.25) is 4.79 Å². The Labute approximate surface area is 205 Å². The van der Waals surface area contributed by atoms with Gasteiger partial charge in [-0.05, 0) is 65.8 Å². The molecule has 1 fully saturated rings. The minimum atomic E-state index is -3.34. The lowest BCUT2D eigenvalue weighted by Crippen LogP contribution is -2.22. The summed E-state index contributed by atoms with van der Waals surface area (Å²) in [6.45, 7) is 0.631. The SMILES string of the molecule is COCCCS(=O)(=O)c1ccc(-c2cccc(CC(=O)C3(c4ccc5c(c4)OCO5)CC3)c2)cc1. The number of carbonyl (C=O) groups excluding carboxylic acids is 1. The standard InChI is InChI=1S/C28H28O6S/c1-32-14-3-15-35(30,31)24-9-6-21(7-10-24)22-5-2-4-20(16-22)17-27(29)28(12-13-28)23-8-11-25-26(18-23)34-19-33-25/h2,4-11,16,18H,3,12-15,17,19H2,1H3. The molecule has 6 nitrogen and oxygen atoms in total. The Morgan fingerprint density at radius 1 is 0.943 bits per heavy atom. The van der Waals surface area contributed by atoms with Gasteiger partial charge in [-0.25, -0.2) is 8.42 Å². The van der Waals surface area contributed by atoms with Crippen LogP contribution in [0.1, 0.15) is 30.4 Å². The number of carbonyl (C=O) groups is 1. The lowest BCUT2D eigenvalue weighted by Gasteiger charge is -2.15. The maximum absolute atomic E-state index is 13.4. The fraction of sp³-hybridized carbons (Fsp3) is 0.321. The zero-order valence-corrected chi connectivity index (χ0v) is 20.5. The van der Waals surface area contributed by atoms with Gasteiger partial charge in [0, 0.05) is 20.1 Å². The van der Waals surface area contributed by atoms with Crippen molar-refractivity contribution in [2.75, 3.05) is 26.3 Å². The Hall–Kier alpha value is -3.16. The molecular formula is C28H28O6S. The average Bonchev–Trinajstić information content (AvgIpc) is 3.55. The topological polar surface area (TPSA) is 78.9 Å². The van der Waals surface area contributed by atoms with Crippen molar-refractivity contribution in [3.63, 3.8) is 0 Å². The fourth-order valence-electron chi connectivity index (χ4n) is 4.63. The lowest BCUT2D eigenvalue weighted by molar-refractivity contribution is -0.120. The van der Waals surface area contributed by atoms with Gasteiger partial charge in [-0.1, -0.05) is 42.5 Å². The molecule has 2 aliphatic rings. The summed E-state index contributed by atoms with van der Waals surface area (Å²) in [4.78, 5) is 13.7. The molecule has 1 saturated carbocycles. The first-order valence-electron chi connectivity index (χ1n) is 11.8. The van der Waals surface area contributed by atoms with Gasteiger partial charge in [0.2, 0.25) is 6.79 Å². The first-order valence-corrected chi connectivity index (χ1v) is 13.4. The van der Waals surface area contributed by atoms with Crippen LogP contribution in [-0.4, -0.2) is 40.5 Å². The Bertz CT molecular complexity index is 1340. The van der Waals surface area contributed by atoms with Crippen LogP contribution < -0.4 is 9.47 Å². The summed E-state index contributed by atoms with van der Waals surface area (Å²) in [6, 6.07) is 20.6. The fourth-order valence-corrected chi connectivity index (χ4v) is 5.91. The van der Waals surface area contributed by atoms with Crippen molar-refractivity contribution in [1.82, 2.24) is 0 Å². The number of hydrogen-bond donors (Lipinski definition) is 0. The van der Waals surface area contributed by atoms with Crippen LogP contribution in [0.3, 0.4) is 0 Å². The summed E-state index contributed by atoms with van der Waals surface area (Å²) in [5, 5.41) is 0. The van der Waals surface area contributed by atoms with E-state index in [2.05, 4.69) is 0 Å². The summed E-state index contributed by atoms with van der Waals surface area (Å²) >= 11 is 0. The van der Waals surface area contributed by atoms with E-state index in [4.69, 9.17) is 14.2 Å². The number of Topliss-reactive ketones (excluding diaryl/α,β-unsaturated/α-hetero) is 1. The van der Waals surface area contributed by atoms with E-state index in [0.717, 1.165) is 40.8 Å². The number of fused-ring (bicyclic) bond motifs is 1. The number of benzene rings is 3. The van der Waals surface area contributed by atoms with Gasteiger partial charge >= 0.3 is 0 Å². The molecule has 1 heterocycles. The molecule has 0 saturated heterocycles. The number of ether oxygens (including phenoxy) is 3. The zero-order chi connectivity index (χ0) is 24.5. The number of ketones is 1. The monoisotopic (exact) mass is 492 g/mol. The zero-order valence-electron chi connectivity index (χ0n) is 19.7. The molecule has 7 heteroatoms. The van der Waals surface area contributed by atoms with E-state index in [9.17, 15) is 13.2 Å². The van der Waals surface area contributed by atoms with Crippen LogP contribution >= 0.6 is 0 Å². The summed E-state index contributed by atoms with van der Waals surface area (Å²) < 4.78 is 40.9. The molecule has 0 atom stereocenters. The van der Waals surface area contributed by atoms with E-state index in [0.29, 0.717) is 30.1 Å². The first kappa shape index (κ1) is 23.6. The Morgan fingerprint density at radius 3 is 2.46 bits per heavy atom. The van der Waals surface area contributed by atoms with Crippen molar-refractivity contribution >= 4 is 15.6 Å². The van der Waals surface area contributed by atoms with E-state index in [1.807, 2.05) is 54.6 Å². The average molecular weight is 493 g/mol. The second-order valence-corrected chi connectivity index (χ2v) is 11.2. The normalized spacial score (nSPS) is 15.7. The first-order chi connectivity index (χ1) is 16.9. The Morgan fingerprint density at radius 2 is 1.71 bits per heavy atom. The highest BCUT2D eigenvalue weighted by atomic mass is 32.2. The van der Waals surface area contributed by atoms with Crippen LogP contribution in [0.5, 0.6) is 11.5 Å². The van der Waals surface area contributed by atoms with Crippen molar-refractivity contribution in [3.8, 4) is 22.6 Å². The molecule has 1 aliphatic heterocycles. The third-order valence-electron chi connectivity index (χ3n) is 6.81. The predicted octanol–water partition coefficient (Wildman–Crippen LogP) is 4.74. The largest absolute Gasteiger partial charge is 0.454 e. The van der Waals surface area contributed by atoms with Crippen molar-refractivity contribution in [2.24, 2.45) is 0 Å². The van der Waals surface area contributed by atoms with E-state index in [1.54, 1.807) is 19.2 Å². The Balaban J connectivity index is 1.30. The second kappa shape index (κ2) is 9.47. The van der Waals surface area contributed by atoms with Crippen LogP contribution in [0, 0.1) is 0 Å². The molecule has 5 rings (SSSR count).